The van der Waals surface area contributed by atoms with Gasteiger partial charge in [-0.25, -0.2) is 0 Å². The van der Waals surface area contributed by atoms with Crippen molar-refractivity contribution in [2.24, 2.45) is 5.73 Å². The Bertz CT molecular complexity index is 196. The van der Waals surface area contributed by atoms with E-state index in [2.05, 4.69) is 23.8 Å². The zero-order valence-electron chi connectivity index (χ0n) is 9.20. The Morgan fingerprint density at radius 1 is 1.50 bits per heavy atom. The molecule has 1 amide bonds. The molecule has 4 nitrogen and oxygen atoms in total. The first-order chi connectivity index (χ1) is 6.59. The highest BCUT2D eigenvalue weighted by Crippen LogP contribution is 2.08. The Hall–Kier alpha value is -0.610. The first-order valence-electron chi connectivity index (χ1n) is 5.30. The summed E-state index contributed by atoms with van der Waals surface area (Å²) in [6, 6.07) is 0.529. The molecule has 4 heteroatoms. The van der Waals surface area contributed by atoms with Crippen LogP contribution < -0.4 is 5.73 Å². The van der Waals surface area contributed by atoms with E-state index in [4.69, 9.17) is 5.73 Å². The highest BCUT2D eigenvalue weighted by Gasteiger charge is 2.19. The molecular formula is C10H21N3O. The summed E-state index contributed by atoms with van der Waals surface area (Å²) >= 11 is 0. The Balaban J connectivity index is 2.38. The number of primary amides is 1. The molecule has 1 rings (SSSR count). The summed E-state index contributed by atoms with van der Waals surface area (Å²) in [7, 11) is 2.15. The van der Waals surface area contributed by atoms with Crippen LogP contribution in [0.3, 0.4) is 0 Å². The third-order valence-corrected chi connectivity index (χ3v) is 2.83. The molecule has 82 valence electrons. The third kappa shape index (κ3) is 3.64. The molecule has 2 N–H and O–H groups in total. The molecule has 0 saturated carbocycles. The molecule has 1 aliphatic rings. The summed E-state index contributed by atoms with van der Waals surface area (Å²) in [6.45, 7) is 6.34. The first kappa shape index (κ1) is 11.5. The largest absolute Gasteiger partial charge is 0.370 e. The lowest BCUT2D eigenvalue weighted by Gasteiger charge is -2.27. The summed E-state index contributed by atoms with van der Waals surface area (Å²) in [5.74, 6) is -0.199. The number of amides is 1. The van der Waals surface area contributed by atoms with Crippen LogP contribution >= 0.6 is 0 Å². The molecule has 1 heterocycles. The second kappa shape index (κ2) is 5.32. The monoisotopic (exact) mass is 199 g/mol. The van der Waals surface area contributed by atoms with E-state index in [0.29, 0.717) is 12.5 Å². The normalized spacial score (nSPS) is 26.0. The number of rotatable bonds is 3. The van der Waals surface area contributed by atoms with Crippen molar-refractivity contribution in [1.29, 1.82) is 0 Å². The quantitative estimate of drug-likeness (QED) is 0.690. The van der Waals surface area contributed by atoms with Gasteiger partial charge >= 0.3 is 0 Å². The van der Waals surface area contributed by atoms with Gasteiger partial charge in [-0.1, -0.05) is 0 Å². The van der Waals surface area contributed by atoms with E-state index in [0.717, 1.165) is 26.2 Å². The van der Waals surface area contributed by atoms with Gasteiger partial charge in [0.25, 0.3) is 0 Å². The lowest BCUT2D eigenvalue weighted by molar-refractivity contribution is -0.118. The molecule has 1 unspecified atom stereocenters. The van der Waals surface area contributed by atoms with Crippen LogP contribution in [0.1, 0.15) is 19.8 Å². The molecule has 14 heavy (non-hydrogen) atoms. The zero-order valence-corrected chi connectivity index (χ0v) is 9.20. The van der Waals surface area contributed by atoms with E-state index in [-0.39, 0.29) is 5.91 Å². The molecule has 1 saturated heterocycles. The van der Waals surface area contributed by atoms with Gasteiger partial charge in [0.05, 0.1) is 0 Å². The maximum absolute atomic E-state index is 10.7. The minimum atomic E-state index is -0.199. The Morgan fingerprint density at radius 2 is 2.21 bits per heavy atom. The highest BCUT2D eigenvalue weighted by atomic mass is 16.1. The van der Waals surface area contributed by atoms with Gasteiger partial charge in [-0.05, 0) is 33.5 Å². The second-order valence-corrected chi connectivity index (χ2v) is 4.22. The van der Waals surface area contributed by atoms with Crippen molar-refractivity contribution in [2.45, 2.75) is 25.8 Å². The van der Waals surface area contributed by atoms with Crippen LogP contribution in [0.15, 0.2) is 0 Å². The lowest BCUT2D eigenvalue weighted by Crippen LogP contribution is -2.39. The summed E-state index contributed by atoms with van der Waals surface area (Å²) < 4.78 is 0. The van der Waals surface area contributed by atoms with Crippen molar-refractivity contribution < 1.29 is 4.79 Å². The molecule has 1 aliphatic heterocycles. The predicted octanol–water partition coefficient (Wildman–Crippen LogP) is -0.112. The van der Waals surface area contributed by atoms with Gasteiger partial charge < -0.3 is 10.6 Å². The smallest absolute Gasteiger partial charge is 0.218 e. The van der Waals surface area contributed by atoms with Gasteiger partial charge in [-0.2, -0.15) is 0 Å². The van der Waals surface area contributed by atoms with Crippen LogP contribution in [0.4, 0.5) is 0 Å². The number of hydrogen-bond donors (Lipinski definition) is 1. The fraction of sp³-hybridized carbons (Fsp3) is 0.900. The number of nitrogens with zero attached hydrogens (tertiary/aromatic N) is 2. The Kier molecular flexibility index (Phi) is 4.35. The van der Waals surface area contributed by atoms with E-state index in [1.165, 1.54) is 6.42 Å². The minimum absolute atomic E-state index is 0.199. The van der Waals surface area contributed by atoms with Crippen LogP contribution in [0.5, 0.6) is 0 Å². The standard InChI is InChI=1S/C10H21N3O/c1-9-8-12(2)5-3-6-13(9)7-4-10(11)14/h9H,3-8H2,1-2H3,(H2,11,14). The van der Waals surface area contributed by atoms with Crippen molar-refractivity contribution in [3.8, 4) is 0 Å². The maximum Gasteiger partial charge on any atom is 0.218 e. The molecule has 1 atom stereocenters. The number of carbonyl (C=O) groups excluding carboxylic acids is 1. The van der Waals surface area contributed by atoms with Crippen LogP contribution in [-0.4, -0.2) is 55.0 Å². The van der Waals surface area contributed by atoms with Gasteiger partial charge in [-0.3, -0.25) is 9.69 Å². The van der Waals surface area contributed by atoms with Gasteiger partial charge in [0, 0.05) is 25.6 Å². The van der Waals surface area contributed by atoms with E-state index in [1.54, 1.807) is 0 Å². The first-order valence-corrected chi connectivity index (χ1v) is 5.30. The molecule has 0 aromatic rings. The maximum atomic E-state index is 10.7. The van der Waals surface area contributed by atoms with Crippen molar-refractivity contribution in [2.75, 3.05) is 33.2 Å². The van der Waals surface area contributed by atoms with Gasteiger partial charge in [-0.15, -0.1) is 0 Å². The second-order valence-electron chi connectivity index (χ2n) is 4.22. The Labute approximate surface area is 86.0 Å². The number of likely N-dealkylation sites (N-methyl/N-ethyl adjacent to an activating group) is 1. The Morgan fingerprint density at radius 3 is 2.86 bits per heavy atom. The molecule has 0 spiro atoms. The SMILES string of the molecule is CC1CN(C)CCCN1CCC(N)=O. The molecule has 1 fully saturated rings. The fourth-order valence-electron chi connectivity index (χ4n) is 2.01. The summed E-state index contributed by atoms with van der Waals surface area (Å²) in [5, 5.41) is 0. The molecule has 0 aromatic carbocycles. The number of hydrogen-bond acceptors (Lipinski definition) is 3. The van der Waals surface area contributed by atoms with E-state index in [1.807, 2.05) is 0 Å². The fourth-order valence-corrected chi connectivity index (χ4v) is 2.01. The van der Waals surface area contributed by atoms with E-state index >= 15 is 0 Å². The van der Waals surface area contributed by atoms with E-state index in [9.17, 15) is 4.79 Å². The third-order valence-electron chi connectivity index (χ3n) is 2.83. The molecule has 0 aromatic heterocycles. The summed E-state index contributed by atoms with van der Waals surface area (Å²) in [5.41, 5.74) is 5.15. The van der Waals surface area contributed by atoms with Gasteiger partial charge in [0.15, 0.2) is 0 Å². The van der Waals surface area contributed by atoms with Gasteiger partial charge in [0.2, 0.25) is 5.91 Å². The van der Waals surface area contributed by atoms with Crippen molar-refractivity contribution in [1.82, 2.24) is 9.80 Å². The van der Waals surface area contributed by atoms with Crippen molar-refractivity contribution >= 4 is 5.91 Å². The molecule has 0 bridgehead atoms. The van der Waals surface area contributed by atoms with Crippen LogP contribution in [-0.2, 0) is 4.79 Å². The topological polar surface area (TPSA) is 49.6 Å². The molecule has 0 radical (unpaired) electrons. The average molecular weight is 199 g/mol. The predicted molar refractivity (Wildman–Crippen MR) is 57.0 cm³/mol. The summed E-state index contributed by atoms with van der Waals surface area (Å²) in [6.07, 6.45) is 1.66. The molecular weight excluding hydrogens is 178 g/mol. The lowest BCUT2D eigenvalue weighted by atomic mass is 10.2. The number of nitrogens with two attached hydrogens (primary N) is 1. The van der Waals surface area contributed by atoms with Crippen molar-refractivity contribution in [3.63, 3.8) is 0 Å². The molecule has 0 aliphatic carbocycles. The van der Waals surface area contributed by atoms with Crippen LogP contribution in [0.2, 0.25) is 0 Å². The van der Waals surface area contributed by atoms with Crippen LogP contribution in [0, 0.1) is 0 Å². The van der Waals surface area contributed by atoms with Gasteiger partial charge in [0.1, 0.15) is 0 Å². The van der Waals surface area contributed by atoms with Crippen LogP contribution in [0.25, 0.3) is 0 Å². The average Bonchev–Trinajstić information content (AvgIpc) is 2.23. The van der Waals surface area contributed by atoms with E-state index < -0.39 is 0 Å². The number of carbonyl (C=O) groups is 1. The highest BCUT2D eigenvalue weighted by molar-refractivity contribution is 5.73. The minimum Gasteiger partial charge on any atom is -0.370 e. The zero-order chi connectivity index (χ0) is 10.6. The summed E-state index contributed by atoms with van der Waals surface area (Å²) in [4.78, 5) is 15.4. The van der Waals surface area contributed by atoms with Crippen molar-refractivity contribution in [3.05, 3.63) is 0 Å².